The van der Waals surface area contributed by atoms with Crippen LogP contribution < -0.4 is 5.32 Å². The van der Waals surface area contributed by atoms with Crippen molar-refractivity contribution >= 4 is 0 Å². The third-order valence-electron chi connectivity index (χ3n) is 2.61. The lowest BCUT2D eigenvalue weighted by Gasteiger charge is -2.18. The summed E-state index contributed by atoms with van der Waals surface area (Å²) >= 11 is 0. The van der Waals surface area contributed by atoms with E-state index in [1.165, 1.54) is 16.7 Å². The van der Waals surface area contributed by atoms with E-state index in [9.17, 15) is 0 Å². The summed E-state index contributed by atoms with van der Waals surface area (Å²) in [6.07, 6.45) is 0. The molecule has 1 heteroatoms. The van der Waals surface area contributed by atoms with Crippen LogP contribution in [0.15, 0.2) is 18.2 Å². The summed E-state index contributed by atoms with van der Waals surface area (Å²) in [5, 5.41) is 3.51. The van der Waals surface area contributed by atoms with Crippen molar-refractivity contribution in [2.24, 2.45) is 0 Å². The van der Waals surface area contributed by atoms with Gasteiger partial charge in [-0.3, -0.25) is 0 Å². The molecule has 0 saturated carbocycles. The van der Waals surface area contributed by atoms with E-state index in [1.807, 2.05) is 0 Å². The number of rotatable bonds is 3. The van der Waals surface area contributed by atoms with Gasteiger partial charge < -0.3 is 5.32 Å². The number of hydrogen-bond donors (Lipinski definition) is 1. The lowest BCUT2D eigenvalue weighted by atomic mass is 10.0. The smallest absolute Gasteiger partial charge is 0.0294 e. The standard InChI is InChI=1S/C13H21N/c1-9(2)14-12(5)13-7-6-10(3)11(4)8-13/h6-9,12,14H,1-5H3/t12-/m0/s1. The van der Waals surface area contributed by atoms with Gasteiger partial charge in [-0.05, 0) is 37.5 Å². The molecule has 1 nitrogen and oxygen atoms in total. The molecule has 0 spiro atoms. The van der Waals surface area contributed by atoms with E-state index in [1.54, 1.807) is 0 Å². The van der Waals surface area contributed by atoms with Crippen molar-refractivity contribution in [2.45, 2.75) is 46.7 Å². The van der Waals surface area contributed by atoms with Gasteiger partial charge in [-0.2, -0.15) is 0 Å². The average molecular weight is 191 g/mol. The highest BCUT2D eigenvalue weighted by Crippen LogP contribution is 2.16. The van der Waals surface area contributed by atoms with E-state index in [0.29, 0.717) is 12.1 Å². The van der Waals surface area contributed by atoms with Crippen LogP contribution in [0.4, 0.5) is 0 Å². The molecule has 0 aliphatic carbocycles. The summed E-state index contributed by atoms with van der Waals surface area (Å²) < 4.78 is 0. The summed E-state index contributed by atoms with van der Waals surface area (Å²) in [5.74, 6) is 0. The second kappa shape index (κ2) is 4.61. The minimum atomic E-state index is 0.439. The van der Waals surface area contributed by atoms with Crippen molar-refractivity contribution < 1.29 is 0 Å². The first-order valence-electron chi connectivity index (χ1n) is 5.34. The first-order chi connectivity index (χ1) is 6.50. The fourth-order valence-electron chi connectivity index (χ4n) is 1.63. The molecule has 1 aromatic carbocycles. The zero-order chi connectivity index (χ0) is 10.7. The molecule has 1 rings (SSSR count). The van der Waals surface area contributed by atoms with Crippen LogP contribution in [0.3, 0.4) is 0 Å². The van der Waals surface area contributed by atoms with E-state index in [-0.39, 0.29) is 0 Å². The highest BCUT2D eigenvalue weighted by molar-refractivity contribution is 5.31. The lowest BCUT2D eigenvalue weighted by molar-refractivity contribution is 0.506. The number of benzene rings is 1. The monoisotopic (exact) mass is 191 g/mol. The Kier molecular flexibility index (Phi) is 3.70. The average Bonchev–Trinajstić information content (AvgIpc) is 2.08. The molecule has 0 aliphatic rings. The van der Waals surface area contributed by atoms with Gasteiger partial charge in [0, 0.05) is 12.1 Å². The van der Waals surface area contributed by atoms with E-state index in [0.717, 1.165) is 0 Å². The molecule has 0 bridgehead atoms. The van der Waals surface area contributed by atoms with Gasteiger partial charge in [0.2, 0.25) is 0 Å². The molecule has 0 aliphatic heterocycles. The maximum Gasteiger partial charge on any atom is 0.0294 e. The molecule has 0 aromatic heterocycles. The third kappa shape index (κ3) is 2.85. The summed E-state index contributed by atoms with van der Waals surface area (Å²) in [6, 6.07) is 7.65. The number of aryl methyl sites for hydroxylation is 2. The third-order valence-corrected chi connectivity index (χ3v) is 2.61. The van der Waals surface area contributed by atoms with Crippen molar-refractivity contribution in [1.29, 1.82) is 0 Å². The van der Waals surface area contributed by atoms with Gasteiger partial charge in [-0.25, -0.2) is 0 Å². The van der Waals surface area contributed by atoms with Crippen molar-refractivity contribution in [3.8, 4) is 0 Å². The molecular formula is C13H21N. The Morgan fingerprint density at radius 3 is 2.14 bits per heavy atom. The molecule has 0 heterocycles. The Balaban J connectivity index is 2.80. The van der Waals surface area contributed by atoms with Crippen LogP contribution in [0, 0.1) is 13.8 Å². The van der Waals surface area contributed by atoms with Gasteiger partial charge in [0.05, 0.1) is 0 Å². The van der Waals surface area contributed by atoms with E-state index in [2.05, 4.69) is 58.1 Å². The predicted octanol–water partition coefficient (Wildman–Crippen LogP) is 3.36. The minimum absolute atomic E-state index is 0.439. The van der Waals surface area contributed by atoms with E-state index in [4.69, 9.17) is 0 Å². The molecule has 1 atom stereocenters. The fourth-order valence-corrected chi connectivity index (χ4v) is 1.63. The summed E-state index contributed by atoms with van der Waals surface area (Å²) in [5.41, 5.74) is 4.12. The molecule has 1 N–H and O–H groups in total. The first-order valence-corrected chi connectivity index (χ1v) is 5.34. The van der Waals surface area contributed by atoms with Crippen LogP contribution in [0.1, 0.15) is 43.5 Å². The summed E-state index contributed by atoms with van der Waals surface area (Å²) in [4.78, 5) is 0. The Hall–Kier alpha value is -0.820. The second-order valence-electron chi connectivity index (χ2n) is 4.39. The molecule has 1 aromatic rings. The highest BCUT2D eigenvalue weighted by atomic mass is 14.9. The highest BCUT2D eigenvalue weighted by Gasteiger charge is 2.06. The topological polar surface area (TPSA) is 12.0 Å². The molecule has 0 radical (unpaired) electrons. The fraction of sp³-hybridized carbons (Fsp3) is 0.538. The largest absolute Gasteiger partial charge is 0.308 e. The summed E-state index contributed by atoms with van der Waals surface area (Å²) in [6.45, 7) is 10.9. The zero-order valence-electron chi connectivity index (χ0n) is 9.89. The zero-order valence-corrected chi connectivity index (χ0v) is 9.89. The molecule has 0 fully saturated rings. The number of nitrogens with one attached hydrogen (secondary N) is 1. The lowest BCUT2D eigenvalue weighted by Crippen LogP contribution is -2.26. The Labute approximate surface area is 87.5 Å². The normalized spacial score (nSPS) is 13.3. The van der Waals surface area contributed by atoms with Crippen LogP contribution in [0.2, 0.25) is 0 Å². The van der Waals surface area contributed by atoms with Crippen molar-refractivity contribution in [2.75, 3.05) is 0 Å². The van der Waals surface area contributed by atoms with Crippen LogP contribution >= 0.6 is 0 Å². The van der Waals surface area contributed by atoms with Crippen LogP contribution in [-0.2, 0) is 0 Å². The van der Waals surface area contributed by atoms with Gasteiger partial charge in [0.25, 0.3) is 0 Å². The maximum atomic E-state index is 3.51. The maximum absolute atomic E-state index is 3.51. The van der Waals surface area contributed by atoms with Gasteiger partial charge >= 0.3 is 0 Å². The van der Waals surface area contributed by atoms with Crippen molar-refractivity contribution in [3.63, 3.8) is 0 Å². The molecule has 0 saturated heterocycles. The minimum Gasteiger partial charge on any atom is -0.308 e. The van der Waals surface area contributed by atoms with Crippen molar-refractivity contribution in [3.05, 3.63) is 34.9 Å². The molecule has 14 heavy (non-hydrogen) atoms. The molecule has 0 amide bonds. The SMILES string of the molecule is Cc1ccc([C@H](C)NC(C)C)cc1C. The number of hydrogen-bond acceptors (Lipinski definition) is 1. The quantitative estimate of drug-likeness (QED) is 0.772. The first kappa shape index (κ1) is 11.3. The van der Waals surface area contributed by atoms with Crippen LogP contribution in [0.5, 0.6) is 0 Å². The Morgan fingerprint density at radius 2 is 1.64 bits per heavy atom. The van der Waals surface area contributed by atoms with Gasteiger partial charge in [0.1, 0.15) is 0 Å². The second-order valence-corrected chi connectivity index (χ2v) is 4.39. The van der Waals surface area contributed by atoms with Gasteiger partial charge in [-0.1, -0.05) is 32.0 Å². The Morgan fingerprint density at radius 1 is 1.00 bits per heavy atom. The van der Waals surface area contributed by atoms with Gasteiger partial charge in [-0.15, -0.1) is 0 Å². The van der Waals surface area contributed by atoms with Crippen LogP contribution in [0.25, 0.3) is 0 Å². The van der Waals surface area contributed by atoms with Gasteiger partial charge in [0.15, 0.2) is 0 Å². The summed E-state index contributed by atoms with van der Waals surface area (Å²) in [7, 11) is 0. The Bertz CT molecular complexity index is 302. The van der Waals surface area contributed by atoms with Crippen LogP contribution in [-0.4, -0.2) is 6.04 Å². The predicted molar refractivity (Wildman–Crippen MR) is 62.6 cm³/mol. The molecule has 0 unspecified atom stereocenters. The van der Waals surface area contributed by atoms with E-state index >= 15 is 0 Å². The molecule has 78 valence electrons. The molecular weight excluding hydrogens is 170 g/mol. The van der Waals surface area contributed by atoms with E-state index < -0.39 is 0 Å². The van der Waals surface area contributed by atoms with Crippen molar-refractivity contribution in [1.82, 2.24) is 5.32 Å².